The summed E-state index contributed by atoms with van der Waals surface area (Å²) in [5.41, 5.74) is 8.46. The second kappa shape index (κ2) is 7.71. The number of hydrogen-bond donors (Lipinski definition) is 1. The first-order chi connectivity index (χ1) is 9.73. The highest BCUT2D eigenvalue weighted by Gasteiger charge is 2.16. The van der Waals surface area contributed by atoms with Crippen LogP contribution in [0.3, 0.4) is 0 Å². The summed E-state index contributed by atoms with van der Waals surface area (Å²) >= 11 is 5.11. The van der Waals surface area contributed by atoms with Crippen LogP contribution in [0.5, 0.6) is 5.88 Å². The molecule has 0 aliphatic carbocycles. The van der Waals surface area contributed by atoms with Crippen LogP contribution < -0.4 is 10.5 Å². The first-order valence-electron chi connectivity index (χ1n) is 7.40. The van der Waals surface area contributed by atoms with E-state index in [1.54, 1.807) is 0 Å². The monoisotopic (exact) mass is 309 g/mol. The Morgan fingerprint density at radius 3 is 2.33 bits per heavy atom. The molecule has 0 aromatic carbocycles. The van der Waals surface area contributed by atoms with E-state index in [0.29, 0.717) is 29.6 Å². The average molecular weight is 309 g/mol. The van der Waals surface area contributed by atoms with Crippen molar-refractivity contribution in [1.29, 1.82) is 0 Å². The molecule has 1 heterocycles. The maximum absolute atomic E-state index is 5.87. The molecule has 0 saturated carbocycles. The fourth-order valence-electron chi connectivity index (χ4n) is 2.57. The molecule has 0 amide bonds. The van der Waals surface area contributed by atoms with Crippen molar-refractivity contribution in [3.8, 4) is 5.88 Å². The SMILES string of the molecule is Cc1cc(C)c(C(N)=S)c(OCCN(C(C)C)C(C)C)n1. The van der Waals surface area contributed by atoms with Gasteiger partial charge in [-0.05, 0) is 53.2 Å². The molecule has 5 heteroatoms. The first-order valence-corrected chi connectivity index (χ1v) is 7.81. The zero-order valence-corrected chi connectivity index (χ0v) is 14.8. The lowest BCUT2D eigenvalue weighted by atomic mass is 10.1. The minimum absolute atomic E-state index is 0.333. The van der Waals surface area contributed by atoms with E-state index in [-0.39, 0.29) is 0 Å². The number of hydrogen-bond acceptors (Lipinski definition) is 4. The van der Waals surface area contributed by atoms with Gasteiger partial charge in [-0.3, -0.25) is 4.90 Å². The summed E-state index contributed by atoms with van der Waals surface area (Å²) < 4.78 is 5.87. The normalized spacial score (nSPS) is 11.5. The number of aromatic nitrogens is 1. The van der Waals surface area contributed by atoms with Gasteiger partial charge < -0.3 is 10.5 Å². The quantitative estimate of drug-likeness (QED) is 0.785. The van der Waals surface area contributed by atoms with E-state index in [0.717, 1.165) is 23.4 Å². The molecule has 0 aliphatic heterocycles. The summed E-state index contributed by atoms with van der Waals surface area (Å²) in [5, 5.41) is 0. The van der Waals surface area contributed by atoms with Crippen LogP contribution in [0.25, 0.3) is 0 Å². The lowest BCUT2D eigenvalue weighted by molar-refractivity contribution is 0.140. The van der Waals surface area contributed by atoms with E-state index in [1.165, 1.54) is 0 Å². The minimum atomic E-state index is 0.333. The van der Waals surface area contributed by atoms with E-state index in [2.05, 4.69) is 37.6 Å². The summed E-state index contributed by atoms with van der Waals surface area (Å²) in [6.07, 6.45) is 0. The molecule has 0 bridgehead atoms. The number of rotatable bonds is 7. The second-order valence-electron chi connectivity index (χ2n) is 5.90. The highest BCUT2D eigenvalue weighted by atomic mass is 32.1. The van der Waals surface area contributed by atoms with Gasteiger partial charge in [-0.15, -0.1) is 0 Å². The van der Waals surface area contributed by atoms with Crippen molar-refractivity contribution < 1.29 is 4.74 Å². The predicted molar refractivity (Wildman–Crippen MR) is 92.1 cm³/mol. The van der Waals surface area contributed by atoms with Crippen molar-refractivity contribution >= 4 is 17.2 Å². The summed E-state index contributed by atoms with van der Waals surface area (Å²) in [6, 6.07) is 2.93. The fourth-order valence-corrected chi connectivity index (χ4v) is 2.82. The van der Waals surface area contributed by atoms with E-state index in [1.807, 2.05) is 19.9 Å². The van der Waals surface area contributed by atoms with Crippen molar-refractivity contribution in [2.75, 3.05) is 13.2 Å². The second-order valence-corrected chi connectivity index (χ2v) is 6.34. The smallest absolute Gasteiger partial charge is 0.224 e. The van der Waals surface area contributed by atoms with Crippen LogP contribution >= 0.6 is 12.2 Å². The Hall–Kier alpha value is -1.20. The predicted octanol–water partition coefficient (Wildman–Crippen LogP) is 2.83. The third-order valence-electron chi connectivity index (χ3n) is 3.47. The molecule has 0 atom stereocenters. The Balaban J connectivity index is 2.82. The van der Waals surface area contributed by atoms with Crippen molar-refractivity contribution in [1.82, 2.24) is 9.88 Å². The molecule has 2 N–H and O–H groups in total. The Morgan fingerprint density at radius 1 is 1.29 bits per heavy atom. The van der Waals surface area contributed by atoms with Crippen LogP contribution in [0, 0.1) is 13.8 Å². The number of pyridine rings is 1. The maximum atomic E-state index is 5.87. The van der Waals surface area contributed by atoms with Crippen LogP contribution in [0.15, 0.2) is 6.07 Å². The number of nitrogens with two attached hydrogens (primary N) is 1. The van der Waals surface area contributed by atoms with Crippen LogP contribution in [-0.4, -0.2) is 40.1 Å². The summed E-state index contributed by atoms with van der Waals surface area (Å²) in [4.78, 5) is 7.14. The zero-order chi connectivity index (χ0) is 16.2. The molecule has 1 aromatic heterocycles. The zero-order valence-electron chi connectivity index (χ0n) is 13.9. The van der Waals surface area contributed by atoms with Crippen molar-refractivity contribution in [2.24, 2.45) is 5.73 Å². The number of ether oxygens (including phenoxy) is 1. The van der Waals surface area contributed by atoms with E-state index in [9.17, 15) is 0 Å². The number of nitrogens with zero attached hydrogens (tertiary/aromatic N) is 2. The van der Waals surface area contributed by atoms with Gasteiger partial charge in [-0.2, -0.15) is 0 Å². The minimum Gasteiger partial charge on any atom is -0.476 e. The van der Waals surface area contributed by atoms with Gasteiger partial charge >= 0.3 is 0 Å². The van der Waals surface area contributed by atoms with Gasteiger partial charge in [0, 0.05) is 24.3 Å². The lowest BCUT2D eigenvalue weighted by Gasteiger charge is -2.30. The third-order valence-corrected chi connectivity index (χ3v) is 3.68. The van der Waals surface area contributed by atoms with E-state index >= 15 is 0 Å². The maximum Gasteiger partial charge on any atom is 0.224 e. The molecule has 0 aliphatic rings. The van der Waals surface area contributed by atoms with Crippen molar-refractivity contribution in [2.45, 2.75) is 53.6 Å². The van der Waals surface area contributed by atoms with Gasteiger partial charge in [0.1, 0.15) is 11.6 Å². The molecular formula is C16H27N3OS. The standard InChI is InChI=1S/C16H27N3OS/c1-10(2)19(11(3)4)7-8-20-16-14(15(17)21)12(5)9-13(6)18-16/h9-11H,7-8H2,1-6H3,(H2,17,21). The van der Waals surface area contributed by atoms with Gasteiger partial charge in [0.05, 0.1) is 5.56 Å². The van der Waals surface area contributed by atoms with Gasteiger partial charge in [0.25, 0.3) is 0 Å². The average Bonchev–Trinajstić information content (AvgIpc) is 2.31. The summed E-state index contributed by atoms with van der Waals surface area (Å²) in [5.74, 6) is 0.549. The number of aryl methyl sites for hydroxylation is 2. The van der Waals surface area contributed by atoms with E-state index < -0.39 is 0 Å². The van der Waals surface area contributed by atoms with Crippen molar-refractivity contribution in [3.05, 3.63) is 22.9 Å². The van der Waals surface area contributed by atoms with Crippen LogP contribution in [0.4, 0.5) is 0 Å². The Morgan fingerprint density at radius 2 is 1.86 bits per heavy atom. The van der Waals surface area contributed by atoms with E-state index in [4.69, 9.17) is 22.7 Å². The Kier molecular flexibility index (Phi) is 6.55. The summed E-state index contributed by atoms with van der Waals surface area (Å²) in [7, 11) is 0. The molecule has 1 rings (SSSR count). The van der Waals surface area contributed by atoms with Gasteiger partial charge in [0.2, 0.25) is 5.88 Å². The molecule has 4 nitrogen and oxygen atoms in total. The Bertz CT molecular complexity index is 493. The topological polar surface area (TPSA) is 51.4 Å². The molecule has 0 saturated heterocycles. The lowest BCUT2D eigenvalue weighted by Crippen LogP contribution is -2.39. The molecular weight excluding hydrogens is 282 g/mol. The molecule has 0 radical (unpaired) electrons. The largest absolute Gasteiger partial charge is 0.476 e. The van der Waals surface area contributed by atoms with Crippen LogP contribution in [-0.2, 0) is 0 Å². The van der Waals surface area contributed by atoms with Crippen LogP contribution in [0.1, 0.15) is 44.5 Å². The molecule has 21 heavy (non-hydrogen) atoms. The van der Waals surface area contributed by atoms with Gasteiger partial charge in [-0.1, -0.05) is 12.2 Å². The molecule has 1 aromatic rings. The van der Waals surface area contributed by atoms with Crippen molar-refractivity contribution in [3.63, 3.8) is 0 Å². The fraction of sp³-hybridized carbons (Fsp3) is 0.625. The molecule has 0 unspecified atom stereocenters. The van der Waals surface area contributed by atoms with Gasteiger partial charge in [-0.25, -0.2) is 4.98 Å². The van der Waals surface area contributed by atoms with Crippen LogP contribution in [0.2, 0.25) is 0 Å². The number of thiocarbonyl (C=S) groups is 1. The highest BCUT2D eigenvalue weighted by molar-refractivity contribution is 7.80. The summed E-state index contributed by atoms with van der Waals surface area (Å²) in [6.45, 7) is 14.1. The third kappa shape index (κ3) is 4.93. The highest BCUT2D eigenvalue weighted by Crippen LogP contribution is 2.21. The first kappa shape index (κ1) is 17.9. The van der Waals surface area contributed by atoms with Gasteiger partial charge in [0.15, 0.2) is 0 Å². The molecule has 0 spiro atoms. The molecule has 118 valence electrons. The Labute approximate surface area is 133 Å². The molecule has 0 fully saturated rings.